The molecule has 0 radical (unpaired) electrons. The average Bonchev–Trinajstić information content (AvgIpc) is 2.76. The number of Topliss-reactive ketones (excluding diaryl/α,β-unsaturated/α-hetero) is 2. The molecule has 1 aromatic heterocycles. The van der Waals surface area contributed by atoms with Crippen molar-refractivity contribution in [2.45, 2.75) is 72.8 Å². The molecule has 5 heteroatoms. The number of ketones is 2. The number of aryl methyl sites for hydroxylation is 1. The minimum Gasteiger partial charge on any atom is -0.487 e. The van der Waals surface area contributed by atoms with Crippen LogP contribution in [0, 0.1) is 17.8 Å². The summed E-state index contributed by atoms with van der Waals surface area (Å²) in [5.74, 6) is 1.69. The van der Waals surface area contributed by atoms with Gasteiger partial charge in [0.2, 0.25) is 0 Å². The lowest BCUT2D eigenvalue weighted by Gasteiger charge is -2.42. The molecule has 1 aromatic carbocycles. The van der Waals surface area contributed by atoms with Crippen molar-refractivity contribution in [1.29, 1.82) is 0 Å². The lowest BCUT2D eigenvalue weighted by atomic mass is 9.66. The molecule has 182 valence electrons. The molecule has 0 saturated carbocycles. The van der Waals surface area contributed by atoms with E-state index < -0.39 is 5.92 Å². The zero-order valence-electron chi connectivity index (χ0n) is 21.2. The lowest BCUT2D eigenvalue weighted by molar-refractivity contribution is -0.120. The molecule has 0 amide bonds. The fourth-order valence-corrected chi connectivity index (χ4v) is 5.55. The van der Waals surface area contributed by atoms with Crippen molar-refractivity contribution in [3.8, 4) is 5.75 Å². The van der Waals surface area contributed by atoms with Crippen molar-refractivity contribution >= 4 is 11.6 Å². The Bertz CT molecular complexity index is 1210. The van der Waals surface area contributed by atoms with E-state index in [2.05, 4.69) is 40.7 Å². The Labute approximate surface area is 207 Å². The first kappa shape index (κ1) is 23.5. The van der Waals surface area contributed by atoms with Crippen LogP contribution in [0.3, 0.4) is 0 Å². The number of benzene rings is 1. The van der Waals surface area contributed by atoms with Gasteiger partial charge in [0.05, 0.1) is 17.8 Å². The molecule has 0 saturated heterocycles. The topological polar surface area (TPSA) is 65.5 Å². The highest BCUT2D eigenvalue weighted by Gasteiger charge is 2.48. The molecule has 0 atom stereocenters. The number of nitrogens with zero attached hydrogens (tertiary/aromatic N) is 1. The Morgan fingerprint density at radius 2 is 1.49 bits per heavy atom. The third-order valence-electron chi connectivity index (χ3n) is 7.29. The molecule has 35 heavy (non-hydrogen) atoms. The Morgan fingerprint density at radius 1 is 0.886 bits per heavy atom. The third kappa shape index (κ3) is 4.56. The lowest BCUT2D eigenvalue weighted by Crippen LogP contribution is -2.37. The van der Waals surface area contributed by atoms with Gasteiger partial charge in [-0.3, -0.25) is 14.6 Å². The van der Waals surface area contributed by atoms with Crippen LogP contribution in [-0.4, -0.2) is 16.6 Å². The van der Waals surface area contributed by atoms with Crippen LogP contribution in [0.2, 0.25) is 0 Å². The Morgan fingerprint density at radius 3 is 2.03 bits per heavy atom. The van der Waals surface area contributed by atoms with Gasteiger partial charge in [-0.05, 0) is 41.0 Å². The zero-order valence-corrected chi connectivity index (χ0v) is 21.2. The van der Waals surface area contributed by atoms with Crippen molar-refractivity contribution in [1.82, 2.24) is 4.98 Å². The summed E-state index contributed by atoms with van der Waals surface area (Å²) in [7, 11) is 0. The van der Waals surface area contributed by atoms with Crippen molar-refractivity contribution < 1.29 is 19.1 Å². The molecule has 2 aromatic rings. The van der Waals surface area contributed by atoms with Gasteiger partial charge in [0.15, 0.2) is 11.6 Å². The second-order valence-corrected chi connectivity index (χ2v) is 11.7. The molecule has 1 aliphatic heterocycles. The Balaban J connectivity index is 1.50. The molecule has 3 aliphatic rings. The maximum absolute atomic E-state index is 13.4. The molecule has 5 nitrogen and oxygen atoms in total. The zero-order chi connectivity index (χ0) is 25.0. The number of rotatable bonds is 4. The maximum Gasteiger partial charge on any atom is 0.163 e. The number of allylic oxidation sites excluding steroid dienone is 4. The fraction of sp³-hybridized carbons (Fsp3) is 0.433. The number of aromatic nitrogens is 1. The van der Waals surface area contributed by atoms with E-state index in [1.807, 2.05) is 30.3 Å². The first-order valence-electron chi connectivity index (χ1n) is 12.4. The average molecular weight is 472 g/mol. The number of hydrogen-bond acceptors (Lipinski definition) is 5. The highest BCUT2D eigenvalue weighted by molar-refractivity contribution is 6.06. The second kappa shape index (κ2) is 8.47. The van der Waals surface area contributed by atoms with E-state index in [9.17, 15) is 9.59 Å². The normalized spacial score (nSPS) is 21.4. The predicted molar refractivity (Wildman–Crippen MR) is 134 cm³/mol. The second-order valence-electron chi connectivity index (χ2n) is 11.7. The molecular formula is C30H33NO4. The monoisotopic (exact) mass is 471 g/mol. The highest BCUT2D eigenvalue weighted by Crippen LogP contribution is 2.52. The van der Waals surface area contributed by atoms with Crippen molar-refractivity contribution in [2.75, 3.05) is 0 Å². The van der Waals surface area contributed by atoms with Gasteiger partial charge in [-0.25, -0.2) is 0 Å². The molecule has 2 heterocycles. The van der Waals surface area contributed by atoms with E-state index in [1.165, 1.54) is 5.56 Å². The van der Waals surface area contributed by atoms with Gasteiger partial charge < -0.3 is 9.47 Å². The van der Waals surface area contributed by atoms with E-state index in [4.69, 9.17) is 14.5 Å². The number of carbonyl (C=O) groups excluding carboxylic acids is 2. The summed E-state index contributed by atoms with van der Waals surface area (Å²) < 4.78 is 12.3. The number of pyridine rings is 1. The maximum atomic E-state index is 13.4. The van der Waals surface area contributed by atoms with Crippen LogP contribution in [-0.2, 0) is 20.9 Å². The van der Waals surface area contributed by atoms with Gasteiger partial charge in [-0.2, -0.15) is 0 Å². The predicted octanol–water partition coefficient (Wildman–Crippen LogP) is 6.37. The molecule has 2 aliphatic carbocycles. The van der Waals surface area contributed by atoms with Gasteiger partial charge in [-0.1, -0.05) is 52.0 Å². The van der Waals surface area contributed by atoms with Crippen LogP contribution in [0.1, 0.15) is 76.1 Å². The van der Waals surface area contributed by atoms with E-state index in [0.29, 0.717) is 66.4 Å². The standard InChI is InChI=1S/C30H33NO4/c1-18-8-6-7-9-19(18)17-34-20-10-11-21(31-16-20)26-27-22(32)12-29(2,3)14-24(27)35-25-15-30(4,5)13-23(33)28(25)26/h6-11,16,26H,12-15,17H2,1-5H3. The van der Waals surface area contributed by atoms with Crippen molar-refractivity contribution in [2.24, 2.45) is 10.8 Å². The fourth-order valence-electron chi connectivity index (χ4n) is 5.55. The molecule has 0 fully saturated rings. The summed E-state index contributed by atoms with van der Waals surface area (Å²) in [5, 5.41) is 0. The summed E-state index contributed by atoms with van der Waals surface area (Å²) in [6, 6.07) is 11.9. The third-order valence-corrected chi connectivity index (χ3v) is 7.29. The quantitative estimate of drug-likeness (QED) is 0.518. The SMILES string of the molecule is Cc1ccccc1COc1ccc(C2C3=C(CC(C)(C)CC3=O)OC3=C2C(=O)CC(C)(C)C3)nc1. The number of ether oxygens (including phenoxy) is 2. The van der Waals surface area contributed by atoms with Gasteiger partial charge in [0.25, 0.3) is 0 Å². The molecule has 0 spiro atoms. The molecular weight excluding hydrogens is 438 g/mol. The molecule has 0 unspecified atom stereocenters. The number of hydrogen-bond donors (Lipinski definition) is 0. The summed E-state index contributed by atoms with van der Waals surface area (Å²) in [5.41, 5.74) is 3.86. The molecule has 5 rings (SSSR count). The Hall–Kier alpha value is -3.21. The van der Waals surface area contributed by atoms with E-state index in [-0.39, 0.29) is 22.4 Å². The highest BCUT2D eigenvalue weighted by atomic mass is 16.5. The minimum absolute atomic E-state index is 0.0483. The van der Waals surface area contributed by atoms with Crippen molar-refractivity contribution in [3.63, 3.8) is 0 Å². The van der Waals surface area contributed by atoms with Gasteiger partial charge in [-0.15, -0.1) is 0 Å². The largest absolute Gasteiger partial charge is 0.487 e. The first-order chi connectivity index (χ1) is 16.5. The van der Waals surface area contributed by atoms with E-state index in [0.717, 1.165) is 5.56 Å². The van der Waals surface area contributed by atoms with Crippen LogP contribution < -0.4 is 4.74 Å². The smallest absolute Gasteiger partial charge is 0.163 e. The van der Waals surface area contributed by atoms with Gasteiger partial charge >= 0.3 is 0 Å². The summed E-state index contributed by atoms with van der Waals surface area (Å²) in [6.45, 7) is 10.9. The van der Waals surface area contributed by atoms with E-state index >= 15 is 0 Å². The first-order valence-corrected chi connectivity index (χ1v) is 12.4. The van der Waals surface area contributed by atoms with Crippen LogP contribution in [0.15, 0.2) is 65.3 Å². The van der Waals surface area contributed by atoms with Crippen LogP contribution >= 0.6 is 0 Å². The van der Waals surface area contributed by atoms with Crippen LogP contribution in [0.5, 0.6) is 5.75 Å². The molecule has 0 bridgehead atoms. The van der Waals surface area contributed by atoms with Crippen molar-refractivity contribution in [3.05, 3.63) is 82.1 Å². The summed E-state index contributed by atoms with van der Waals surface area (Å²) in [4.78, 5) is 31.4. The summed E-state index contributed by atoms with van der Waals surface area (Å²) >= 11 is 0. The van der Waals surface area contributed by atoms with Crippen LogP contribution in [0.4, 0.5) is 0 Å². The Kier molecular flexibility index (Phi) is 5.70. The molecule has 0 N–H and O–H groups in total. The van der Waals surface area contributed by atoms with E-state index in [1.54, 1.807) is 6.20 Å². The minimum atomic E-state index is -0.480. The number of carbonyl (C=O) groups is 2. The van der Waals surface area contributed by atoms with Gasteiger partial charge in [0, 0.05) is 36.8 Å². The van der Waals surface area contributed by atoms with Crippen LogP contribution in [0.25, 0.3) is 0 Å². The van der Waals surface area contributed by atoms with Gasteiger partial charge in [0.1, 0.15) is 23.9 Å². The summed E-state index contributed by atoms with van der Waals surface area (Å²) in [6.07, 6.45) is 3.91.